The van der Waals surface area contributed by atoms with Gasteiger partial charge in [0.2, 0.25) is 0 Å². The molecule has 0 atom stereocenters. The Balaban J connectivity index is 2.04. The zero-order valence-electron chi connectivity index (χ0n) is 12.0. The van der Waals surface area contributed by atoms with Gasteiger partial charge in [0.1, 0.15) is 0 Å². The molecule has 0 aliphatic carbocycles. The predicted octanol–water partition coefficient (Wildman–Crippen LogP) is 4.08. The van der Waals surface area contributed by atoms with Gasteiger partial charge in [0.15, 0.2) is 17.3 Å². The van der Waals surface area contributed by atoms with Crippen molar-refractivity contribution >= 4 is 5.78 Å². The van der Waals surface area contributed by atoms with Crippen LogP contribution in [-0.4, -0.2) is 12.4 Å². The SMILES string of the molecule is Cc1ccccc1C(=O)c1cc(F)c2c(c1)CCCCO2. The highest BCUT2D eigenvalue weighted by Gasteiger charge is 2.19. The minimum Gasteiger partial charge on any atom is -0.490 e. The van der Waals surface area contributed by atoms with Gasteiger partial charge in [-0.2, -0.15) is 0 Å². The molecule has 108 valence electrons. The molecule has 1 aliphatic heterocycles. The van der Waals surface area contributed by atoms with Crippen molar-refractivity contribution in [3.05, 3.63) is 64.5 Å². The minimum absolute atomic E-state index is 0.140. The van der Waals surface area contributed by atoms with E-state index in [1.54, 1.807) is 12.1 Å². The van der Waals surface area contributed by atoms with E-state index >= 15 is 0 Å². The third-order valence-electron chi connectivity index (χ3n) is 3.86. The molecule has 0 unspecified atom stereocenters. The van der Waals surface area contributed by atoms with Gasteiger partial charge in [0.25, 0.3) is 0 Å². The molecule has 0 bridgehead atoms. The summed E-state index contributed by atoms with van der Waals surface area (Å²) in [7, 11) is 0. The van der Waals surface area contributed by atoms with E-state index in [9.17, 15) is 9.18 Å². The normalized spacial score (nSPS) is 14.0. The number of benzene rings is 2. The number of rotatable bonds is 2. The van der Waals surface area contributed by atoms with E-state index in [0.29, 0.717) is 23.5 Å². The quantitative estimate of drug-likeness (QED) is 0.777. The highest BCUT2D eigenvalue weighted by Crippen LogP contribution is 2.30. The van der Waals surface area contributed by atoms with Crippen LogP contribution in [0, 0.1) is 12.7 Å². The molecule has 21 heavy (non-hydrogen) atoms. The molecular formula is C18H17FO2. The maximum Gasteiger partial charge on any atom is 0.193 e. The maximum atomic E-state index is 14.2. The fourth-order valence-corrected chi connectivity index (χ4v) is 2.70. The van der Waals surface area contributed by atoms with E-state index in [2.05, 4.69) is 0 Å². The topological polar surface area (TPSA) is 26.3 Å². The Hall–Kier alpha value is -2.16. The number of ketones is 1. The summed E-state index contributed by atoms with van der Waals surface area (Å²) in [4.78, 5) is 12.6. The number of ether oxygens (including phenoxy) is 1. The third-order valence-corrected chi connectivity index (χ3v) is 3.86. The van der Waals surface area contributed by atoms with E-state index < -0.39 is 5.82 Å². The first kappa shape index (κ1) is 13.8. The van der Waals surface area contributed by atoms with Gasteiger partial charge in [0.05, 0.1) is 6.61 Å². The van der Waals surface area contributed by atoms with Crippen molar-refractivity contribution < 1.29 is 13.9 Å². The Morgan fingerprint density at radius 3 is 2.81 bits per heavy atom. The molecule has 2 aromatic carbocycles. The van der Waals surface area contributed by atoms with Gasteiger partial charge in [-0.1, -0.05) is 24.3 Å². The standard InChI is InChI=1S/C18H17FO2/c1-12-6-2-3-8-15(12)17(20)14-10-13-7-4-5-9-21-18(13)16(19)11-14/h2-3,6,8,10-11H,4-5,7,9H2,1H3. The number of hydrogen-bond acceptors (Lipinski definition) is 2. The van der Waals surface area contributed by atoms with Gasteiger partial charge >= 0.3 is 0 Å². The molecule has 0 radical (unpaired) electrons. The fourth-order valence-electron chi connectivity index (χ4n) is 2.70. The van der Waals surface area contributed by atoms with Crippen LogP contribution in [0.1, 0.15) is 39.9 Å². The number of hydrogen-bond donors (Lipinski definition) is 0. The van der Waals surface area contributed by atoms with E-state index in [1.807, 2.05) is 25.1 Å². The molecule has 0 spiro atoms. The zero-order chi connectivity index (χ0) is 14.8. The van der Waals surface area contributed by atoms with Crippen molar-refractivity contribution in [1.82, 2.24) is 0 Å². The molecule has 2 aromatic rings. The van der Waals surface area contributed by atoms with Crippen LogP contribution in [0.2, 0.25) is 0 Å². The average Bonchev–Trinajstić information content (AvgIpc) is 2.72. The summed E-state index contributed by atoms with van der Waals surface area (Å²) in [5.41, 5.74) is 2.70. The van der Waals surface area contributed by atoms with Crippen LogP contribution >= 0.6 is 0 Å². The lowest BCUT2D eigenvalue weighted by molar-refractivity contribution is 0.103. The number of fused-ring (bicyclic) bond motifs is 1. The maximum absolute atomic E-state index is 14.2. The van der Waals surface area contributed by atoms with Crippen LogP contribution in [0.15, 0.2) is 36.4 Å². The van der Waals surface area contributed by atoms with Crippen LogP contribution in [0.5, 0.6) is 5.75 Å². The first-order valence-corrected chi connectivity index (χ1v) is 7.22. The van der Waals surface area contributed by atoms with Crippen LogP contribution in [0.3, 0.4) is 0 Å². The smallest absolute Gasteiger partial charge is 0.193 e. The molecule has 0 N–H and O–H groups in total. The van der Waals surface area contributed by atoms with Crippen LogP contribution in [-0.2, 0) is 6.42 Å². The monoisotopic (exact) mass is 284 g/mol. The summed E-state index contributed by atoms with van der Waals surface area (Å²) in [6.45, 7) is 2.42. The van der Waals surface area contributed by atoms with Crippen molar-refractivity contribution in [2.75, 3.05) is 6.61 Å². The molecule has 0 aromatic heterocycles. The van der Waals surface area contributed by atoms with Crippen molar-refractivity contribution in [2.24, 2.45) is 0 Å². The zero-order valence-corrected chi connectivity index (χ0v) is 12.0. The number of halogens is 1. The Morgan fingerprint density at radius 1 is 1.19 bits per heavy atom. The minimum atomic E-state index is -0.439. The summed E-state index contributed by atoms with van der Waals surface area (Å²) >= 11 is 0. The second-order valence-corrected chi connectivity index (χ2v) is 5.40. The summed E-state index contributed by atoms with van der Waals surface area (Å²) in [6.07, 6.45) is 2.62. The fraction of sp³-hybridized carbons (Fsp3) is 0.278. The predicted molar refractivity (Wildman–Crippen MR) is 79.4 cm³/mol. The molecular weight excluding hydrogens is 267 g/mol. The second kappa shape index (κ2) is 5.68. The van der Waals surface area contributed by atoms with Crippen molar-refractivity contribution in [2.45, 2.75) is 26.2 Å². The van der Waals surface area contributed by atoms with Gasteiger partial charge < -0.3 is 4.74 Å². The molecule has 3 heteroatoms. The van der Waals surface area contributed by atoms with Crippen LogP contribution < -0.4 is 4.74 Å². The Kier molecular flexibility index (Phi) is 3.74. The Bertz CT molecular complexity index is 692. The molecule has 1 heterocycles. The first-order chi connectivity index (χ1) is 10.2. The second-order valence-electron chi connectivity index (χ2n) is 5.40. The van der Waals surface area contributed by atoms with Gasteiger partial charge in [-0.05, 0) is 49.4 Å². The third kappa shape index (κ3) is 2.68. The highest BCUT2D eigenvalue weighted by molar-refractivity contribution is 6.10. The molecule has 1 aliphatic rings. The lowest BCUT2D eigenvalue weighted by atomic mass is 9.96. The molecule has 2 nitrogen and oxygen atoms in total. The molecule has 3 rings (SSSR count). The summed E-state index contributed by atoms with van der Waals surface area (Å²) in [5, 5.41) is 0. The lowest BCUT2D eigenvalue weighted by Gasteiger charge is -2.11. The van der Waals surface area contributed by atoms with E-state index in [4.69, 9.17) is 4.74 Å². The van der Waals surface area contributed by atoms with Gasteiger partial charge in [0, 0.05) is 11.1 Å². The number of carbonyl (C=O) groups excluding carboxylic acids is 1. The van der Waals surface area contributed by atoms with Crippen molar-refractivity contribution in [1.29, 1.82) is 0 Å². The Morgan fingerprint density at radius 2 is 2.00 bits per heavy atom. The van der Waals surface area contributed by atoms with Crippen LogP contribution in [0.4, 0.5) is 4.39 Å². The summed E-state index contributed by atoms with van der Waals surface area (Å²) in [6, 6.07) is 10.4. The highest BCUT2D eigenvalue weighted by atomic mass is 19.1. The van der Waals surface area contributed by atoms with Gasteiger partial charge in [-0.25, -0.2) is 4.39 Å². The van der Waals surface area contributed by atoms with Crippen molar-refractivity contribution in [3.8, 4) is 5.75 Å². The lowest BCUT2D eigenvalue weighted by Crippen LogP contribution is -2.06. The van der Waals surface area contributed by atoms with Gasteiger partial charge in [-0.3, -0.25) is 4.79 Å². The molecule has 0 amide bonds. The first-order valence-electron chi connectivity index (χ1n) is 7.22. The number of carbonyl (C=O) groups is 1. The van der Waals surface area contributed by atoms with Crippen molar-refractivity contribution in [3.63, 3.8) is 0 Å². The summed E-state index contributed by atoms with van der Waals surface area (Å²) < 4.78 is 19.7. The van der Waals surface area contributed by atoms with E-state index in [-0.39, 0.29) is 5.78 Å². The van der Waals surface area contributed by atoms with Gasteiger partial charge in [-0.15, -0.1) is 0 Å². The Labute approximate surface area is 123 Å². The molecule has 0 saturated carbocycles. The number of aryl methyl sites for hydroxylation is 2. The molecule has 0 fully saturated rings. The average molecular weight is 284 g/mol. The van der Waals surface area contributed by atoms with E-state index in [1.165, 1.54) is 6.07 Å². The largest absolute Gasteiger partial charge is 0.490 e. The van der Waals surface area contributed by atoms with Crippen LogP contribution in [0.25, 0.3) is 0 Å². The summed E-state index contributed by atoms with van der Waals surface area (Å²) in [5.74, 6) is -0.265. The van der Waals surface area contributed by atoms with E-state index in [0.717, 1.165) is 30.4 Å². The molecule has 0 saturated heterocycles.